The molecule has 262 valence electrons. The Kier molecular flexibility index (Phi) is 6.49. The van der Waals surface area contributed by atoms with Gasteiger partial charge in [0, 0.05) is 54.0 Å². The topological polar surface area (TPSA) is 6.48 Å². The van der Waals surface area contributed by atoms with Gasteiger partial charge in [-0.25, -0.2) is 0 Å². The molecule has 52 heavy (non-hydrogen) atoms. The monoisotopic (exact) mass is 698 g/mol. The average molecular weight is 699 g/mol. The molecule has 2 unspecified atom stereocenters. The molecule has 1 aliphatic carbocycles. The molecule has 1 aromatic heterocycles. The molecule has 0 bridgehead atoms. The molecule has 10 rings (SSSR count). The van der Waals surface area contributed by atoms with Crippen LogP contribution in [-0.4, -0.2) is 12.3 Å². The molecule has 1 fully saturated rings. The Morgan fingerprint density at radius 1 is 0.654 bits per heavy atom. The molecule has 2 atom stereocenters. The smallest absolute Gasteiger partial charge is 0.252 e. The van der Waals surface area contributed by atoms with Crippen LogP contribution < -0.4 is 26.2 Å². The van der Waals surface area contributed by atoms with E-state index in [0.29, 0.717) is 0 Å². The van der Waals surface area contributed by atoms with Crippen molar-refractivity contribution in [1.29, 1.82) is 0 Å². The summed E-state index contributed by atoms with van der Waals surface area (Å²) in [6.45, 7) is 24.2. The van der Waals surface area contributed by atoms with Gasteiger partial charge < -0.3 is 9.80 Å². The first-order valence-corrected chi connectivity index (χ1v) is 20.4. The summed E-state index contributed by atoms with van der Waals surface area (Å²) in [6.07, 6.45) is 5.04. The summed E-state index contributed by atoms with van der Waals surface area (Å²) in [5.41, 5.74) is 18.6. The van der Waals surface area contributed by atoms with Gasteiger partial charge in [0.05, 0.1) is 5.54 Å². The highest BCUT2D eigenvalue weighted by Crippen LogP contribution is 2.62. The maximum atomic E-state index is 2.88. The minimum absolute atomic E-state index is 0.0101. The SMILES string of the molecule is Cc1cc2c3c(c1)N1c4c(cc(C(C)(C)C)cc4C4(C)CCCCC14C)B3c1cc3sc4ccccc4c3cc1N2c1ccc(C(C)(C)C)cc1C. The second kappa shape index (κ2) is 10.3. The minimum Gasteiger partial charge on any atom is -0.335 e. The van der Waals surface area contributed by atoms with Gasteiger partial charge in [-0.2, -0.15) is 0 Å². The summed E-state index contributed by atoms with van der Waals surface area (Å²) >= 11 is 1.95. The first-order valence-electron chi connectivity index (χ1n) is 19.6. The molecule has 0 N–H and O–H groups in total. The van der Waals surface area contributed by atoms with Crippen molar-refractivity contribution in [2.75, 3.05) is 9.80 Å². The van der Waals surface area contributed by atoms with E-state index < -0.39 is 0 Å². The highest BCUT2D eigenvalue weighted by molar-refractivity contribution is 7.26. The van der Waals surface area contributed by atoms with Crippen LogP contribution in [0.15, 0.2) is 78.9 Å². The van der Waals surface area contributed by atoms with Gasteiger partial charge >= 0.3 is 0 Å². The lowest BCUT2D eigenvalue weighted by molar-refractivity contribution is 0.195. The molecule has 5 aromatic carbocycles. The normalized spacial score (nSPS) is 21.8. The molecular weight excluding hydrogens is 647 g/mol. The van der Waals surface area contributed by atoms with Crippen LogP contribution in [0.4, 0.5) is 28.4 Å². The summed E-state index contributed by atoms with van der Waals surface area (Å²) in [7, 11) is 0. The van der Waals surface area contributed by atoms with Gasteiger partial charge in [-0.05, 0) is 125 Å². The van der Waals surface area contributed by atoms with E-state index in [1.807, 2.05) is 11.3 Å². The van der Waals surface area contributed by atoms with Crippen molar-refractivity contribution in [2.45, 2.75) is 117 Å². The van der Waals surface area contributed by atoms with Gasteiger partial charge in [0.2, 0.25) is 0 Å². The van der Waals surface area contributed by atoms with Crippen molar-refractivity contribution in [3.05, 3.63) is 107 Å². The van der Waals surface area contributed by atoms with Crippen molar-refractivity contribution in [3.8, 4) is 0 Å². The number of fused-ring (bicyclic) bond motifs is 10. The fourth-order valence-electron chi connectivity index (χ4n) is 10.8. The Balaban J connectivity index is 1.36. The first kappa shape index (κ1) is 32.6. The molecule has 0 radical (unpaired) electrons. The molecule has 0 spiro atoms. The van der Waals surface area contributed by atoms with Crippen LogP contribution in [0, 0.1) is 13.8 Å². The Labute approximate surface area is 314 Å². The zero-order chi connectivity index (χ0) is 36.3. The van der Waals surface area contributed by atoms with Crippen molar-refractivity contribution in [3.63, 3.8) is 0 Å². The molecule has 4 heteroatoms. The van der Waals surface area contributed by atoms with E-state index in [1.165, 1.54) is 113 Å². The molecule has 1 saturated carbocycles. The highest BCUT2D eigenvalue weighted by atomic mass is 32.1. The van der Waals surface area contributed by atoms with Crippen LogP contribution in [0.25, 0.3) is 20.2 Å². The third-order valence-corrected chi connectivity index (χ3v) is 15.0. The molecule has 0 saturated heterocycles. The van der Waals surface area contributed by atoms with Gasteiger partial charge in [-0.3, -0.25) is 0 Å². The first-order chi connectivity index (χ1) is 24.6. The molecular formula is C48H51BN2S. The predicted molar refractivity (Wildman–Crippen MR) is 228 cm³/mol. The number of hydrogen-bond acceptors (Lipinski definition) is 3. The van der Waals surface area contributed by atoms with Crippen LogP contribution in [0.1, 0.15) is 109 Å². The standard InChI is InChI=1S/C48H51BN2S/c1-28-21-39-43-40(22-28)51-44-34(47(9)19-13-14-20-48(47,51)10)24-31(46(6,7)8)25-36(44)49(43)35-27-42-33(32-15-11-12-16-41(32)52-42)26-38(35)50(39)37-18-17-30(23-29(37)2)45(3,4)5/h11-12,15-18,21-27H,13-14,19-20H2,1-10H3. The Hall–Kier alpha value is -4.02. The zero-order valence-electron chi connectivity index (χ0n) is 32.7. The van der Waals surface area contributed by atoms with Gasteiger partial charge in [0.25, 0.3) is 6.71 Å². The number of aryl methyl sites for hydroxylation is 2. The van der Waals surface area contributed by atoms with E-state index in [9.17, 15) is 0 Å². The Bertz CT molecular complexity index is 2530. The predicted octanol–water partition coefficient (Wildman–Crippen LogP) is 11.6. The maximum absolute atomic E-state index is 2.88. The number of thiophene rings is 1. The highest BCUT2D eigenvalue weighted by Gasteiger charge is 2.61. The quantitative estimate of drug-likeness (QED) is 0.158. The van der Waals surface area contributed by atoms with Crippen molar-refractivity contribution >= 4 is 83.0 Å². The van der Waals surface area contributed by atoms with E-state index in [1.54, 1.807) is 5.56 Å². The number of hydrogen-bond donors (Lipinski definition) is 0. The number of nitrogens with zero attached hydrogens (tertiary/aromatic N) is 2. The Morgan fingerprint density at radius 2 is 1.38 bits per heavy atom. The average Bonchev–Trinajstić information content (AvgIpc) is 3.54. The molecule has 6 aromatic rings. The van der Waals surface area contributed by atoms with Crippen LogP contribution in [0.2, 0.25) is 0 Å². The minimum atomic E-state index is 0.0101. The third-order valence-electron chi connectivity index (χ3n) is 13.8. The second-order valence-corrected chi connectivity index (χ2v) is 20.2. The van der Waals surface area contributed by atoms with E-state index in [-0.39, 0.29) is 28.5 Å². The van der Waals surface area contributed by atoms with E-state index in [4.69, 9.17) is 0 Å². The molecule has 0 amide bonds. The fraction of sp³-hybridized carbons (Fsp3) is 0.375. The van der Waals surface area contributed by atoms with Gasteiger partial charge in [0.15, 0.2) is 0 Å². The lowest BCUT2D eigenvalue weighted by atomic mass is 9.33. The van der Waals surface area contributed by atoms with Crippen LogP contribution >= 0.6 is 11.3 Å². The summed E-state index contributed by atoms with van der Waals surface area (Å²) < 4.78 is 2.75. The molecule has 2 nitrogen and oxygen atoms in total. The molecule has 4 aliphatic rings. The summed E-state index contributed by atoms with van der Waals surface area (Å²) in [6, 6.07) is 31.7. The van der Waals surface area contributed by atoms with Gasteiger partial charge in [-0.1, -0.05) is 104 Å². The van der Waals surface area contributed by atoms with Crippen LogP contribution in [0.3, 0.4) is 0 Å². The third kappa shape index (κ3) is 4.14. The second-order valence-electron chi connectivity index (χ2n) is 19.1. The number of benzene rings is 5. The summed E-state index contributed by atoms with van der Waals surface area (Å²) in [5.74, 6) is 0. The lowest BCUT2D eigenvalue weighted by Crippen LogP contribution is -2.64. The van der Waals surface area contributed by atoms with Gasteiger partial charge in [-0.15, -0.1) is 11.3 Å². The van der Waals surface area contributed by atoms with Crippen molar-refractivity contribution < 1.29 is 0 Å². The maximum Gasteiger partial charge on any atom is 0.252 e. The van der Waals surface area contributed by atoms with Crippen LogP contribution in [-0.2, 0) is 16.2 Å². The van der Waals surface area contributed by atoms with E-state index in [0.717, 1.165) is 0 Å². The number of anilines is 5. The molecule has 4 heterocycles. The van der Waals surface area contributed by atoms with Crippen molar-refractivity contribution in [1.82, 2.24) is 0 Å². The largest absolute Gasteiger partial charge is 0.335 e. The summed E-state index contributed by atoms with van der Waals surface area (Å²) in [4.78, 5) is 5.53. The molecule has 3 aliphatic heterocycles. The van der Waals surface area contributed by atoms with Crippen molar-refractivity contribution in [2.24, 2.45) is 0 Å². The lowest BCUT2D eigenvalue weighted by Gasteiger charge is -2.53. The number of rotatable bonds is 1. The van der Waals surface area contributed by atoms with E-state index >= 15 is 0 Å². The summed E-state index contributed by atoms with van der Waals surface area (Å²) in [5, 5.41) is 2.72. The van der Waals surface area contributed by atoms with E-state index in [2.05, 4.69) is 158 Å². The van der Waals surface area contributed by atoms with Gasteiger partial charge in [0.1, 0.15) is 0 Å². The van der Waals surface area contributed by atoms with Crippen LogP contribution in [0.5, 0.6) is 0 Å². The Morgan fingerprint density at radius 3 is 2.13 bits per heavy atom. The fourth-order valence-corrected chi connectivity index (χ4v) is 11.9. The zero-order valence-corrected chi connectivity index (χ0v) is 33.5.